The maximum absolute atomic E-state index is 11.4. The van der Waals surface area contributed by atoms with Crippen molar-refractivity contribution < 1.29 is 14.4 Å². The number of rotatable bonds is 4. The lowest BCUT2D eigenvalue weighted by atomic mass is 10.2. The predicted octanol–water partition coefficient (Wildman–Crippen LogP) is 1.09. The van der Waals surface area contributed by atoms with Crippen LogP contribution in [0.2, 0.25) is 0 Å². The molecule has 2 rings (SSSR count). The van der Waals surface area contributed by atoms with Gasteiger partial charge in [0.1, 0.15) is 6.33 Å². The van der Waals surface area contributed by atoms with Crippen LogP contribution in [-0.2, 0) is 4.57 Å². The van der Waals surface area contributed by atoms with Crippen LogP contribution in [0, 0.1) is 0 Å². The molecule has 1 aromatic carbocycles. The van der Waals surface area contributed by atoms with Crippen LogP contribution >= 0.6 is 7.60 Å². The molecule has 0 bridgehead atoms. The molecule has 0 radical (unpaired) electrons. The van der Waals surface area contributed by atoms with Crippen LogP contribution < -0.4 is 5.32 Å². The van der Waals surface area contributed by atoms with E-state index in [0.29, 0.717) is 5.56 Å². The highest BCUT2D eigenvalue weighted by atomic mass is 31.2. The largest absolute Gasteiger partial charge is 0.352 e. The smallest absolute Gasteiger partial charge is 0.337 e. The topological polar surface area (TPSA) is 111 Å². The lowest BCUT2D eigenvalue weighted by molar-refractivity contribution is 0.363. The number of benzene rings is 1. The Kier molecular flexibility index (Phi) is 3.23. The van der Waals surface area contributed by atoms with Crippen molar-refractivity contribution in [3.8, 4) is 0 Å². The molecule has 1 unspecified atom stereocenters. The summed E-state index contributed by atoms with van der Waals surface area (Å²) in [6.45, 7) is 0. The Bertz CT molecular complexity index is 510. The molecule has 1 heterocycles. The third-order valence-electron chi connectivity index (χ3n) is 2.14. The summed E-state index contributed by atoms with van der Waals surface area (Å²) in [5.74, 6) is -0.932. The highest BCUT2D eigenvalue weighted by Gasteiger charge is 2.30. The Morgan fingerprint density at radius 1 is 1.29 bits per heavy atom. The first-order valence-electron chi connectivity index (χ1n) is 4.79. The lowest BCUT2D eigenvalue weighted by Gasteiger charge is -2.19. The minimum atomic E-state index is -4.34. The van der Waals surface area contributed by atoms with E-state index < -0.39 is 13.4 Å². The van der Waals surface area contributed by atoms with Crippen molar-refractivity contribution in [2.45, 2.75) is 5.78 Å². The average Bonchev–Trinajstić information content (AvgIpc) is 2.78. The van der Waals surface area contributed by atoms with Gasteiger partial charge < -0.3 is 15.1 Å². The molecule has 4 N–H and O–H groups in total. The van der Waals surface area contributed by atoms with Crippen LogP contribution in [0.15, 0.2) is 36.7 Å². The van der Waals surface area contributed by atoms with Crippen LogP contribution in [-0.4, -0.2) is 25.0 Å². The maximum atomic E-state index is 11.4. The van der Waals surface area contributed by atoms with Gasteiger partial charge in [-0.3, -0.25) is 4.57 Å². The zero-order valence-corrected chi connectivity index (χ0v) is 9.58. The van der Waals surface area contributed by atoms with E-state index in [2.05, 4.69) is 20.5 Å². The predicted molar refractivity (Wildman–Crippen MR) is 61.2 cm³/mol. The Hall–Kier alpha value is -1.69. The molecular weight excluding hydrogens is 243 g/mol. The first-order chi connectivity index (χ1) is 8.07. The van der Waals surface area contributed by atoms with E-state index in [1.807, 2.05) is 0 Å². The van der Waals surface area contributed by atoms with E-state index >= 15 is 0 Å². The molecular formula is C9H11N4O3P. The van der Waals surface area contributed by atoms with Gasteiger partial charge >= 0.3 is 7.60 Å². The average molecular weight is 254 g/mol. The second-order valence-corrected chi connectivity index (χ2v) is 5.08. The molecule has 0 saturated heterocycles. The Balaban J connectivity index is 2.30. The SMILES string of the molecule is O=P(O)(O)C(Nc1ncn[nH]1)c1ccccc1. The Labute approximate surface area is 97.1 Å². The molecule has 0 amide bonds. The van der Waals surface area contributed by atoms with E-state index in [4.69, 9.17) is 0 Å². The van der Waals surface area contributed by atoms with Crippen molar-refractivity contribution >= 4 is 13.5 Å². The van der Waals surface area contributed by atoms with Crippen LogP contribution in [0.4, 0.5) is 5.95 Å². The third kappa shape index (κ3) is 2.91. The number of H-pyrrole nitrogens is 1. The van der Waals surface area contributed by atoms with Gasteiger partial charge in [0.05, 0.1) is 0 Å². The minimum Gasteiger partial charge on any atom is -0.337 e. The lowest BCUT2D eigenvalue weighted by Crippen LogP contribution is -2.12. The summed E-state index contributed by atoms with van der Waals surface area (Å²) in [5.41, 5.74) is 0.484. The van der Waals surface area contributed by atoms with E-state index in [1.54, 1.807) is 30.3 Å². The van der Waals surface area contributed by atoms with Gasteiger partial charge in [-0.05, 0) is 5.56 Å². The quantitative estimate of drug-likeness (QED) is 0.608. The van der Waals surface area contributed by atoms with Gasteiger partial charge in [0.25, 0.3) is 0 Å². The molecule has 0 aliphatic carbocycles. The number of hydrogen-bond donors (Lipinski definition) is 4. The van der Waals surface area contributed by atoms with Crippen molar-refractivity contribution in [2.24, 2.45) is 0 Å². The number of hydrogen-bond acceptors (Lipinski definition) is 4. The molecule has 7 nitrogen and oxygen atoms in total. The summed E-state index contributed by atoms with van der Waals surface area (Å²) >= 11 is 0. The summed E-state index contributed by atoms with van der Waals surface area (Å²) < 4.78 is 11.4. The molecule has 0 aliphatic rings. The van der Waals surface area contributed by atoms with Crippen molar-refractivity contribution in [3.63, 3.8) is 0 Å². The molecule has 17 heavy (non-hydrogen) atoms. The summed E-state index contributed by atoms with van der Waals surface area (Å²) in [6, 6.07) is 8.45. The molecule has 0 aliphatic heterocycles. The summed E-state index contributed by atoms with van der Waals surface area (Å²) in [4.78, 5) is 22.4. The van der Waals surface area contributed by atoms with Crippen LogP contribution in [0.3, 0.4) is 0 Å². The van der Waals surface area contributed by atoms with E-state index in [1.165, 1.54) is 6.33 Å². The van der Waals surface area contributed by atoms with Crippen LogP contribution in [0.1, 0.15) is 11.3 Å². The zero-order chi connectivity index (χ0) is 12.3. The van der Waals surface area contributed by atoms with Gasteiger partial charge in [-0.25, -0.2) is 10.1 Å². The first kappa shape index (κ1) is 11.8. The fraction of sp³-hybridized carbons (Fsp3) is 0.111. The van der Waals surface area contributed by atoms with Crippen molar-refractivity contribution in [2.75, 3.05) is 5.32 Å². The molecule has 1 atom stereocenters. The molecule has 90 valence electrons. The normalized spacial score (nSPS) is 13.3. The van der Waals surface area contributed by atoms with Crippen molar-refractivity contribution in [1.29, 1.82) is 0 Å². The van der Waals surface area contributed by atoms with E-state index in [9.17, 15) is 14.4 Å². The van der Waals surface area contributed by atoms with E-state index in [0.717, 1.165) is 0 Å². The van der Waals surface area contributed by atoms with Gasteiger partial charge in [0.2, 0.25) is 5.95 Å². The summed E-state index contributed by atoms with van der Waals surface area (Å²) in [6.07, 6.45) is 1.25. The first-order valence-corrected chi connectivity index (χ1v) is 6.47. The fourth-order valence-corrected chi connectivity index (χ4v) is 2.25. The number of anilines is 1. The summed E-state index contributed by atoms with van der Waals surface area (Å²) in [7, 11) is -4.34. The highest BCUT2D eigenvalue weighted by Crippen LogP contribution is 2.51. The molecule has 0 saturated carbocycles. The second kappa shape index (κ2) is 4.67. The number of aromatic amines is 1. The van der Waals surface area contributed by atoms with Gasteiger partial charge in [0, 0.05) is 0 Å². The monoisotopic (exact) mass is 254 g/mol. The van der Waals surface area contributed by atoms with Gasteiger partial charge in [-0.1, -0.05) is 30.3 Å². The third-order valence-corrected chi connectivity index (χ3v) is 3.24. The molecule has 2 aromatic rings. The van der Waals surface area contributed by atoms with Crippen LogP contribution in [0.5, 0.6) is 0 Å². The molecule has 0 fully saturated rings. The van der Waals surface area contributed by atoms with Gasteiger partial charge in [-0.2, -0.15) is 5.10 Å². The van der Waals surface area contributed by atoms with Crippen LogP contribution in [0.25, 0.3) is 0 Å². The molecule has 1 aromatic heterocycles. The summed E-state index contributed by atoms with van der Waals surface area (Å²) in [5, 5.41) is 8.72. The maximum Gasteiger partial charge on any atom is 0.352 e. The Morgan fingerprint density at radius 3 is 2.53 bits per heavy atom. The highest BCUT2D eigenvalue weighted by molar-refractivity contribution is 7.52. The van der Waals surface area contributed by atoms with Crippen molar-refractivity contribution in [3.05, 3.63) is 42.2 Å². The van der Waals surface area contributed by atoms with Crippen molar-refractivity contribution in [1.82, 2.24) is 15.2 Å². The fourth-order valence-electron chi connectivity index (χ4n) is 1.40. The number of nitrogens with zero attached hydrogens (tertiary/aromatic N) is 2. The second-order valence-electron chi connectivity index (χ2n) is 3.38. The minimum absolute atomic E-state index is 0.210. The molecule has 0 spiro atoms. The molecule has 8 heteroatoms. The van der Waals surface area contributed by atoms with Gasteiger partial charge in [-0.15, -0.1) is 0 Å². The van der Waals surface area contributed by atoms with E-state index in [-0.39, 0.29) is 5.95 Å². The standard InChI is InChI=1S/C9H11N4O3P/c14-17(15,16)8(7-4-2-1-3-5-7)12-9-10-6-11-13-9/h1-6,8H,(H2,14,15,16)(H2,10,11,12,13). The number of aromatic nitrogens is 3. The zero-order valence-electron chi connectivity index (χ0n) is 8.69. The number of nitrogens with one attached hydrogen (secondary N) is 2. The van der Waals surface area contributed by atoms with Gasteiger partial charge in [0.15, 0.2) is 5.78 Å². The Morgan fingerprint density at radius 2 is 2.00 bits per heavy atom.